The van der Waals surface area contributed by atoms with Crippen LogP contribution < -0.4 is 4.74 Å². The SMILES string of the molecule is CCCCOc1nc(C)cc(C)c1CN1CCc2c(Cl)cc([C@H](CO)C3CCCO3)c(Cl)c2C1=O. The number of amides is 1. The number of rotatable bonds is 9. The van der Waals surface area contributed by atoms with Gasteiger partial charge in [-0.3, -0.25) is 4.79 Å². The van der Waals surface area contributed by atoms with Gasteiger partial charge in [-0.05, 0) is 68.4 Å². The lowest BCUT2D eigenvalue weighted by molar-refractivity contribution is 0.0665. The molecule has 3 heterocycles. The van der Waals surface area contributed by atoms with Gasteiger partial charge in [0, 0.05) is 35.3 Å². The Morgan fingerprint density at radius 2 is 2.11 bits per heavy atom. The second kappa shape index (κ2) is 11.5. The fourth-order valence-electron chi connectivity index (χ4n) is 5.06. The van der Waals surface area contributed by atoms with Crippen LogP contribution in [0.5, 0.6) is 5.88 Å². The van der Waals surface area contributed by atoms with E-state index in [4.69, 9.17) is 32.7 Å². The number of aliphatic hydroxyl groups is 1. The normalized spacial score (nSPS) is 18.6. The molecule has 2 aromatic rings. The van der Waals surface area contributed by atoms with Crippen molar-refractivity contribution in [3.8, 4) is 5.88 Å². The van der Waals surface area contributed by atoms with Gasteiger partial charge < -0.3 is 19.5 Å². The maximum atomic E-state index is 13.8. The molecule has 0 radical (unpaired) electrons. The number of hydrogen-bond acceptors (Lipinski definition) is 5. The minimum absolute atomic E-state index is 0.121. The average Bonchev–Trinajstić information content (AvgIpc) is 3.35. The Labute approximate surface area is 217 Å². The molecule has 2 aliphatic rings. The number of hydrogen-bond donors (Lipinski definition) is 1. The van der Waals surface area contributed by atoms with Gasteiger partial charge in [-0.1, -0.05) is 36.5 Å². The quantitative estimate of drug-likeness (QED) is 0.433. The minimum atomic E-state index is -0.321. The molecule has 190 valence electrons. The summed E-state index contributed by atoms with van der Waals surface area (Å²) in [6, 6.07) is 3.82. The van der Waals surface area contributed by atoms with Crippen LogP contribution in [0.25, 0.3) is 0 Å². The Morgan fingerprint density at radius 1 is 1.31 bits per heavy atom. The first-order valence-corrected chi connectivity index (χ1v) is 13.2. The fraction of sp³-hybridized carbons (Fsp3) is 0.556. The molecule has 2 atom stereocenters. The molecule has 2 aliphatic heterocycles. The van der Waals surface area contributed by atoms with Crippen molar-refractivity contribution in [2.24, 2.45) is 0 Å². The molecule has 0 aliphatic carbocycles. The monoisotopic (exact) mass is 520 g/mol. The van der Waals surface area contributed by atoms with Gasteiger partial charge >= 0.3 is 0 Å². The summed E-state index contributed by atoms with van der Waals surface area (Å²) in [4.78, 5) is 20.2. The molecule has 1 aromatic carbocycles. The zero-order valence-electron chi connectivity index (χ0n) is 20.7. The van der Waals surface area contributed by atoms with E-state index in [-0.39, 0.29) is 24.5 Å². The molecule has 0 spiro atoms. The van der Waals surface area contributed by atoms with Gasteiger partial charge in [0.15, 0.2) is 0 Å². The van der Waals surface area contributed by atoms with Crippen molar-refractivity contribution >= 4 is 29.1 Å². The minimum Gasteiger partial charge on any atom is -0.477 e. The highest BCUT2D eigenvalue weighted by molar-refractivity contribution is 6.37. The van der Waals surface area contributed by atoms with E-state index < -0.39 is 0 Å². The van der Waals surface area contributed by atoms with Gasteiger partial charge in [0.25, 0.3) is 5.91 Å². The topological polar surface area (TPSA) is 71.9 Å². The molecule has 4 rings (SSSR count). The van der Waals surface area contributed by atoms with Gasteiger partial charge in [0.2, 0.25) is 5.88 Å². The third kappa shape index (κ3) is 5.46. The lowest BCUT2D eigenvalue weighted by Gasteiger charge is -2.32. The smallest absolute Gasteiger partial charge is 0.256 e. The summed E-state index contributed by atoms with van der Waals surface area (Å²) in [5, 5.41) is 11.0. The highest BCUT2D eigenvalue weighted by Gasteiger charge is 2.35. The van der Waals surface area contributed by atoms with Crippen LogP contribution in [0, 0.1) is 13.8 Å². The number of fused-ring (bicyclic) bond motifs is 1. The third-order valence-corrected chi connectivity index (χ3v) is 7.76. The van der Waals surface area contributed by atoms with Crippen LogP contribution in [0.2, 0.25) is 10.0 Å². The van der Waals surface area contributed by atoms with E-state index in [0.717, 1.165) is 48.1 Å². The van der Waals surface area contributed by atoms with Crippen molar-refractivity contribution in [3.63, 3.8) is 0 Å². The highest BCUT2D eigenvalue weighted by Crippen LogP contribution is 2.41. The van der Waals surface area contributed by atoms with E-state index in [2.05, 4.69) is 11.9 Å². The van der Waals surface area contributed by atoms with Crippen LogP contribution in [0.3, 0.4) is 0 Å². The van der Waals surface area contributed by atoms with Crippen molar-refractivity contribution in [1.82, 2.24) is 9.88 Å². The zero-order chi connectivity index (χ0) is 25.1. The van der Waals surface area contributed by atoms with Crippen molar-refractivity contribution < 1.29 is 19.4 Å². The third-order valence-electron chi connectivity index (χ3n) is 7.01. The summed E-state index contributed by atoms with van der Waals surface area (Å²) >= 11 is 13.5. The summed E-state index contributed by atoms with van der Waals surface area (Å²) in [6.45, 7) is 8.12. The number of benzene rings is 1. The number of unbranched alkanes of at least 4 members (excludes halogenated alkanes) is 1. The highest BCUT2D eigenvalue weighted by atomic mass is 35.5. The van der Waals surface area contributed by atoms with Gasteiger partial charge in [0.1, 0.15) is 0 Å². The number of aliphatic hydroxyl groups excluding tert-OH is 1. The predicted octanol–water partition coefficient (Wildman–Crippen LogP) is 5.64. The molecule has 1 saturated heterocycles. The van der Waals surface area contributed by atoms with E-state index >= 15 is 0 Å². The number of carbonyl (C=O) groups excluding carboxylic acids is 1. The molecule has 0 bridgehead atoms. The van der Waals surface area contributed by atoms with Crippen LogP contribution in [-0.4, -0.2) is 53.4 Å². The zero-order valence-corrected chi connectivity index (χ0v) is 22.2. The van der Waals surface area contributed by atoms with Gasteiger partial charge in [-0.15, -0.1) is 0 Å². The Kier molecular flexibility index (Phi) is 8.59. The Hall–Kier alpha value is -1.86. The van der Waals surface area contributed by atoms with E-state index in [9.17, 15) is 9.90 Å². The van der Waals surface area contributed by atoms with Gasteiger partial charge in [0.05, 0.1) is 36.4 Å². The summed E-state index contributed by atoms with van der Waals surface area (Å²) in [6.07, 6.45) is 4.23. The van der Waals surface area contributed by atoms with Crippen LogP contribution in [0.4, 0.5) is 0 Å². The average molecular weight is 521 g/mol. The van der Waals surface area contributed by atoms with E-state index in [0.29, 0.717) is 59.8 Å². The number of nitrogens with zero attached hydrogens (tertiary/aromatic N) is 2. The number of ether oxygens (including phenoxy) is 2. The molecule has 8 heteroatoms. The first-order chi connectivity index (χ1) is 16.8. The van der Waals surface area contributed by atoms with E-state index in [1.807, 2.05) is 26.0 Å². The fourth-order valence-corrected chi connectivity index (χ4v) is 5.75. The maximum Gasteiger partial charge on any atom is 0.256 e. The molecule has 1 amide bonds. The van der Waals surface area contributed by atoms with Gasteiger partial charge in [-0.25, -0.2) is 4.98 Å². The molecular weight excluding hydrogens is 487 g/mol. The lowest BCUT2D eigenvalue weighted by Crippen LogP contribution is -2.38. The van der Waals surface area contributed by atoms with E-state index in [1.54, 1.807) is 4.90 Å². The maximum absolute atomic E-state index is 13.8. The molecule has 0 saturated carbocycles. The number of carbonyl (C=O) groups is 1. The Morgan fingerprint density at radius 3 is 2.80 bits per heavy atom. The van der Waals surface area contributed by atoms with Crippen LogP contribution in [-0.2, 0) is 17.7 Å². The Bertz CT molecular complexity index is 1090. The first-order valence-electron chi connectivity index (χ1n) is 12.5. The summed E-state index contributed by atoms with van der Waals surface area (Å²) in [7, 11) is 0. The molecule has 1 unspecified atom stereocenters. The summed E-state index contributed by atoms with van der Waals surface area (Å²) in [5.74, 6) is 0.104. The molecule has 1 aromatic heterocycles. The number of aryl methyl sites for hydroxylation is 2. The second-order valence-electron chi connectivity index (χ2n) is 9.50. The molecule has 35 heavy (non-hydrogen) atoms. The second-order valence-corrected chi connectivity index (χ2v) is 10.3. The number of aromatic nitrogens is 1. The van der Waals surface area contributed by atoms with Crippen molar-refractivity contribution in [2.45, 2.75) is 71.4 Å². The summed E-state index contributed by atoms with van der Waals surface area (Å²) < 4.78 is 11.8. The van der Waals surface area contributed by atoms with Crippen LogP contribution in [0.1, 0.15) is 76.8 Å². The molecular formula is C27H34Cl2N2O4. The largest absolute Gasteiger partial charge is 0.477 e. The first kappa shape index (κ1) is 26.2. The van der Waals surface area contributed by atoms with Crippen molar-refractivity contribution in [3.05, 3.63) is 55.7 Å². The predicted molar refractivity (Wildman–Crippen MR) is 138 cm³/mol. The molecule has 1 N–H and O–H groups in total. The van der Waals surface area contributed by atoms with Crippen molar-refractivity contribution in [2.75, 3.05) is 26.4 Å². The molecule has 1 fully saturated rings. The summed E-state index contributed by atoms with van der Waals surface area (Å²) in [5.41, 5.74) is 4.72. The van der Waals surface area contributed by atoms with Crippen molar-refractivity contribution in [1.29, 1.82) is 0 Å². The number of halogens is 2. The number of pyridine rings is 1. The Balaban J connectivity index is 1.66. The van der Waals surface area contributed by atoms with Crippen LogP contribution in [0.15, 0.2) is 12.1 Å². The van der Waals surface area contributed by atoms with Crippen LogP contribution >= 0.6 is 23.2 Å². The lowest BCUT2D eigenvalue weighted by atomic mass is 9.87. The molecule has 6 nitrogen and oxygen atoms in total. The van der Waals surface area contributed by atoms with E-state index in [1.165, 1.54) is 0 Å². The standard InChI is InChI=1S/C27H34Cl2N2O4/c1-4-5-10-35-26-20(16(2)12-17(3)30-26)14-31-9-8-18-22(28)13-19(25(29)24(18)27(31)33)21(15-32)23-7-6-11-34-23/h12-13,21,23,32H,4-11,14-15H2,1-3H3/t21-,23?/m0/s1. The van der Waals surface area contributed by atoms with Gasteiger partial charge in [-0.2, -0.15) is 0 Å².